The maximum absolute atomic E-state index is 11.7. The summed E-state index contributed by atoms with van der Waals surface area (Å²) < 4.78 is 10.4. The number of aromatic nitrogens is 2. The number of urea groups is 1. The molecule has 0 radical (unpaired) electrons. The molecule has 0 spiro atoms. The van der Waals surface area contributed by atoms with Crippen molar-refractivity contribution in [1.82, 2.24) is 20.8 Å². The van der Waals surface area contributed by atoms with E-state index in [9.17, 15) is 9.90 Å². The molecule has 0 aromatic carbocycles. The van der Waals surface area contributed by atoms with Gasteiger partial charge in [0.15, 0.2) is 5.82 Å². The third kappa shape index (κ3) is 5.10. The molecule has 8 nitrogen and oxygen atoms in total. The zero-order valence-corrected chi connectivity index (χ0v) is 13.5. The van der Waals surface area contributed by atoms with Crippen LogP contribution in [-0.2, 0) is 12.0 Å². The lowest BCUT2D eigenvalue weighted by molar-refractivity contribution is 0.0360. The molecule has 0 saturated carbocycles. The molecule has 2 heterocycles. The van der Waals surface area contributed by atoms with E-state index in [4.69, 9.17) is 8.94 Å². The number of nitrogens with zero attached hydrogens (tertiary/aromatic N) is 2. The third-order valence-electron chi connectivity index (χ3n) is 3.29. The van der Waals surface area contributed by atoms with Crippen LogP contribution in [0.5, 0.6) is 0 Å². The zero-order chi connectivity index (χ0) is 16.9. The number of amides is 2. The standard InChI is InChI=1S/C15H22N4O4/c1-10-6-7-12(22-10)15(3,21)9-17-14(20)16-8-4-5-13-18-11(2)19-23-13/h6-7,21H,4-5,8-9H2,1-3H3,(H2,16,17,20)/t15-/m1/s1. The first-order valence-corrected chi connectivity index (χ1v) is 7.47. The Morgan fingerprint density at radius 3 is 2.74 bits per heavy atom. The number of carbonyl (C=O) groups excluding carboxylic acids is 1. The first kappa shape index (κ1) is 17.0. The largest absolute Gasteiger partial charge is 0.463 e. The summed E-state index contributed by atoms with van der Waals surface area (Å²) >= 11 is 0. The molecule has 2 rings (SSSR count). The van der Waals surface area contributed by atoms with Crippen molar-refractivity contribution in [3.05, 3.63) is 35.4 Å². The van der Waals surface area contributed by atoms with Gasteiger partial charge in [-0.05, 0) is 39.3 Å². The maximum Gasteiger partial charge on any atom is 0.314 e. The average molecular weight is 322 g/mol. The van der Waals surface area contributed by atoms with Crippen molar-refractivity contribution in [3.63, 3.8) is 0 Å². The molecule has 0 aliphatic carbocycles. The quantitative estimate of drug-likeness (QED) is 0.664. The molecule has 0 aliphatic heterocycles. The van der Waals surface area contributed by atoms with E-state index >= 15 is 0 Å². The normalized spacial score (nSPS) is 13.6. The van der Waals surface area contributed by atoms with Crippen LogP contribution in [0.4, 0.5) is 4.79 Å². The molecule has 2 amide bonds. The average Bonchev–Trinajstić information content (AvgIpc) is 3.10. The lowest BCUT2D eigenvalue weighted by Gasteiger charge is -2.21. The third-order valence-corrected chi connectivity index (χ3v) is 3.29. The molecule has 126 valence electrons. The number of aryl methyl sites for hydroxylation is 3. The van der Waals surface area contributed by atoms with Crippen molar-refractivity contribution in [1.29, 1.82) is 0 Å². The Morgan fingerprint density at radius 1 is 1.35 bits per heavy atom. The minimum atomic E-state index is -1.26. The van der Waals surface area contributed by atoms with Crippen LogP contribution in [0.2, 0.25) is 0 Å². The summed E-state index contributed by atoms with van der Waals surface area (Å²) in [6.07, 6.45) is 1.29. The van der Waals surface area contributed by atoms with E-state index in [1.165, 1.54) is 0 Å². The topological polar surface area (TPSA) is 113 Å². The Morgan fingerprint density at radius 2 is 2.13 bits per heavy atom. The number of furan rings is 1. The number of nitrogens with one attached hydrogen (secondary N) is 2. The van der Waals surface area contributed by atoms with E-state index in [0.29, 0.717) is 42.6 Å². The smallest absolute Gasteiger partial charge is 0.314 e. The van der Waals surface area contributed by atoms with Crippen LogP contribution in [0, 0.1) is 13.8 Å². The fourth-order valence-electron chi connectivity index (χ4n) is 2.01. The van der Waals surface area contributed by atoms with E-state index in [2.05, 4.69) is 20.8 Å². The second kappa shape index (κ2) is 7.28. The first-order chi connectivity index (χ1) is 10.9. The van der Waals surface area contributed by atoms with Gasteiger partial charge >= 0.3 is 6.03 Å². The van der Waals surface area contributed by atoms with Crippen LogP contribution in [0.15, 0.2) is 21.1 Å². The molecule has 2 aromatic heterocycles. The highest BCUT2D eigenvalue weighted by molar-refractivity contribution is 5.73. The molecular formula is C15H22N4O4. The van der Waals surface area contributed by atoms with Gasteiger partial charge in [-0.15, -0.1) is 0 Å². The van der Waals surface area contributed by atoms with E-state index in [1.54, 1.807) is 32.9 Å². The molecule has 2 aromatic rings. The van der Waals surface area contributed by atoms with Gasteiger partial charge in [-0.25, -0.2) is 4.79 Å². The molecule has 8 heteroatoms. The molecular weight excluding hydrogens is 300 g/mol. The first-order valence-electron chi connectivity index (χ1n) is 7.47. The maximum atomic E-state index is 11.7. The highest BCUT2D eigenvalue weighted by Crippen LogP contribution is 2.21. The minimum Gasteiger partial charge on any atom is -0.463 e. The van der Waals surface area contributed by atoms with E-state index in [-0.39, 0.29) is 12.6 Å². The van der Waals surface area contributed by atoms with E-state index < -0.39 is 5.60 Å². The van der Waals surface area contributed by atoms with Crippen LogP contribution >= 0.6 is 0 Å². The number of hydrogen-bond acceptors (Lipinski definition) is 6. The van der Waals surface area contributed by atoms with Crippen molar-refractivity contribution in [2.24, 2.45) is 0 Å². The van der Waals surface area contributed by atoms with Crippen LogP contribution < -0.4 is 10.6 Å². The molecule has 0 bridgehead atoms. The van der Waals surface area contributed by atoms with Gasteiger partial charge < -0.3 is 24.7 Å². The fourth-order valence-corrected chi connectivity index (χ4v) is 2.01. The Hall–Kier alpha value is -2.35. The Bertz CT molecular complexity index is 647. The Labute approximate surface area is 134 Å². The number of rotatable bonds is 7. The molecule has 0 aliphatic rings. The van der Waals surface area contributed by atoms with Gasteiger partial charge in [0.1, 0.15) is 17.1 Å². The molecule has 0 fully saturated rings. The fraction of sp³-hybridized carbons (Fsp3) is 0.533. The Kier molecular flexibility index (Phi) is 5.38. The molecule has 3 N–H and O–H groups in total. The molecule has 23 heavy (non-hydrogen) atoms. The number of carbonyl (C=O) groups is 1. The monoisotopic (exact) mass is 322 g/mol. The minimum absolute atomic E-state index is 0.0502. The summed E-state index contributed by atoms with van der Waals surface area (Å²) in [4.78, 5) is 15.8. The van der Waals surface area contributed by atoms with Crippen molar-refractivity contribution in [3.8, 4) is 0 Å². The highest BCUT2D eigenvalue weighted by atomic mass is 16.5. The van der Waals surface area contributed by atoms with Crippen LogP contribution in [0.3, 0.4) is 0 Å². The Balaban J connectivity index is 1.66. The summed E-state index contributed by atoms with van der Waals surface area (Å²) in [5, 5.41) is 19.3. The van der Waals surface area contributed by atoms with Gasteiger partial charge in [0.05, 0.1) is 6.54 Å². The predicted molar refractivity (Wildman–Crippen MR) is 81.8 cm³/mol. The molecule has 0 saturated heterocycles. The summed E-state index contributed by atoms with van der Waals surface area (Å²) in [6.45, 7) is 5.66. The molecule has 0 unspecified atom stereocenters. The van der Waals surface area contributed by atoms with Crippen molar-refractivity contribution >= 4 is 6.03 Å². The van der Waals surface area contributed by atoms with Crippen LogP contribution in [-0.4, -0.2) is 34.4 Å². The number of aliphatic hydroxyl groups is 1. The van der Waals surface area contributed by atoms with Gasteiger partial charge in [0, 0.05) is 13.0 Å². The number of hydrogen-bond donors (Lipinski definition) is 3. The summed E-state index contributed by atoms with van der Waals surface area (Å²) in [5.41, 5.74) is -1.26. The van der Waals surface area contributed by atoms with Gasteiger partial charge in [-0.1, -0.05) is 5.16 Å². The van der Waals surface area contributed by atoms with Crippen molar-refractivity contribution < 1.29 is 18.8 Å². The second-order valence-corrected chi connectivity index (χ2v) is 5.63. The van der Waals surface area contributed by atoms with Gasteiger partial charge in [-0.2, -0.15) is 4.98 Å². The summed E-state index contributed by atoms with van der Waals surface area (Å²) in [6, 6.07) is 3.11. The summed E-state index contributed by atoms with van der Waals surface area (Å²) in [5.74, 6) is 2.28. The zero-order valence-electron chi connectivity index (χ0n) is 13.5. The predicted octanol–water partition coefficient (Wildman–Crippen LogP) is 1.42. The van der Waals surface area contributed by atoms with Crippen LogP contribution in [0.1, 0.15) is 36.6 Å². The second-order valence-electron chi connectivity index (χ2n) is 5.63. The van der Waals surface area contributed by atoms with Gasteiger partial charge in [0.2, 0.25) is 5.89 Å². The SMILES string of the molecule is Cc1noc(CCCNC(=O)NC[C@@](C)(O)c2ccc(C)o2)n1. The lowest BCUT2D eigenvalue weighted by Crippen LogP contribution is -2.43. The van der Waals surface area contributed by atoms with Crippen molar-refractivity contribution in [2.45, 2.75) is 39.2 Å². The van der Waals surface area contributed by atoms with Gasteiger partial charge in [-0.3, -0.25) is 0 Å². The van der Waals surface area contributed by atoms with E-state index in [0.717, 1.165) is 0 Å². The van der Waals surface area contributed by atoms with Crippen molar-refractivity contribution in [2.75, 3.05) is 13.1 Å². The van der Waals surface area contributed by atoms with E-state index in [1.807, 2.05) is 0 Å². The summed E-state index contributed by atoms with van der Waals surface area (Å²) in [7, 11) is 0. The highest BCUT2D eigenvalue weighted by Gasteiger charge is 2.27. The van der Waals surface area contributed by atoms with Crippen LogP contribution in [0.25, 0.3) is 0 Å². The molecule has 1 atom stereocenters. The van der Waals surface area contributed by atoms with Gasteiger partial charge in [0.25, 0.3) is 0 Å². The lowest BCUT2D eigenvalue weighted by atomic mass is 10.0.